The molecule has 11 nitrogen and oxygen atoms in total. The number of alkyl halides is 3. The Hall–Kier alpha value is -4.66. The van der Waals surface area contributed by atoms with Crippen molar-refractivity contribution in [1.29, 1.82) is 0 Å². The number of hydrogen-bond acceptors (Lipinski definition) is 7. The van der Waals surface area contributed by atoms with Gasteiger partial charge < -0.3 is 4.90 Å². The molecule has 3 aromatic carbocycles. The number of rotatable bonds is 9. The highest BCUT2D eigenvalue weighted by Gasteiger charge is 2.31. The number of aliphatic imine (C=N–C) groups is 1. The number of carbonyl (C=O) groups is 1. The molecule has 0 radical (unpaired) electrons. The summed E-state index contributed by atoms with van der Waals surface area (Å²) >= 11 is 3.10. The molecular weight excluding hydrogens is 657 g/mol. The van der Waals surface area contributed by atoms with E-state index >= 15 is 0 Å². The lowest BCUT2D eigenvalue weighted by atomic mass is 9.84. The van der Waals surface area contributed by atoms with Gasteiger partial charge in [-0.3, -0.25) is 20.2 Å². The lowest BCUT2D eigenvalue weighted by Crippen LogP contribution is -2.35. The fourth-order valence-corrected chi connectivity index (χ4v) is 5.76. The van der Waals surface area contributed by atoms with E-state index in [9.17, 15) is 28.1 Å². The number of nitrogens with zero attached hydrogens (tertiary/aromatic N) is 6. The van der Waals surface area contributed by atoms with Crippen molar-refractivity contribution in [2.75, 3.05) is 16.8 Å². The number of anilines is 2. The van der Waals surface area contributed by atoms with E-state index in [1.807, 2.05) is 24.3 Å². The van der Waals surface area contributed by atoms with Crippen molar-refractivity contribution in [3.63, 3.8) is 0 Å². The van der Waals surface area contributed by atoms with E-state index < -0.39 is 29.1 Å². The lowest BCUT2D eigenvalue weighted by molar-refractivity contribution is -0.463. The molecule has 0 bridgehead atoms. The van der Waals surface area contributed by atoms with Gasteiger partial charge in [-0.2, -0.15) is 18.4 Å². The zero-order valence-corrected chi connectivity index (χ0v) is 25.4. The fourth-order valence-electron chi connectivity index (χ4n) is 5.27. The van der Waals surface area contributed by atoms with Crippen LogP contribution >= 0.6 is 15.9 Å². The van der Waals surface area contributed by atoms with Gasteiger partial charge >= 0.3 is 6.18 Å². The van der Waals surface area contributed by atoms with Gasteiger partial charge in [-0.15, -0.1) is 5.10 Å². The van der Waals surface area contributed by atoms with Crippen molar-refractivity contribution in [3.05, 3.63) is 104 Å². The van der Waals surface area contributed by atoms with E-state index in [1.165, 1.54) is 18.1 Å². The van der Waals surface area contributed by atoms with Crippen LogP contribution in [0, 0.1) is 10.1 Å². The van der Waals surface area contributed by atoms with Gasteiger partial charge in [-0.25, -0.2) is 4.99 Å². The number of nitrogens with one attached hydrogen (secondary N) is 2. The summed E-state index contributed by atoms with van der Waals surface area (Å²) in [5.41, 5.74) is 1.70. The maximum absolute atomic E-state index is 13.6. The summed E-state index contributed by atoms with van der Waals surface area (Å²) in [6.45, 7) is -0.661. The topological polar surface area (TPSA) is 142 Å². The molecule has 1 saturated carbocycles. The van der Waals surface area contributed by atoms with Crippen LogP contribution in [-0.2, 0) is 12.7 Å². The average molecular weight is 686 g/mol. The molecule has 234 valence electrons. The quantitative estimate of drug-likeness (QED) is 0.0815. The summed E-state index contributed by atoms with van der Waals surface area (Å²) in [5, 5.41) is 27.4. The number of tetrazole rings is 1. The first-order valence-electron chi connectivity index (χ1n) is 14.1. The predicted molar refractivity (Wildman–Crippen MR) is 165 cm³/mol. The monoisotopic (exact) mass is 684 g/mol. The standard InChI is InChI=1S/C30H28BrF3N8O3/c31-24-14-23(30(32,33)34)15-25(16-24)35-27(18-42(44)45)41(26-12-10-21(11-13-26)20-4-2-1-3-5-20)17-19-6-8-22(9-7-19)28(43)36-29-37-39-40-38-29/h6-16,20H,1-5,17-18H2,(H2,36,37,38,39,40,43). The molecule has 0 atom stereocenters. The maximum Gasteiger partial charge on any atom is 0.416 e. The number of amides is 1. The third kappa shape index (κ3) is 8.50. The molecule has 0 spiro atoms. The first-order valence-corrected chi connectivity index (χ1v) is 14.9. The number of benzene rings is 3. The molecular formula is C30H28BrF3N8O3. The average Bonchev–Trinajstić information content (AvgIpc) is 3.52. The van der Waals surface area contributed by atoms with Gasteiger partial charge in [0.1, 0.15) is 0 Å². The molecule has 0 saturated heterocycles. The van der Waals surface area contributed by atoms with Crippen LogP contribution in [0.15, 0.2) is 76.2 Å². The number of nitro groups is 1. The molecule has 4 aromatic rings. The third-order valence-electron chi connectivity index (χ3n) is 7.46. The second-order valence-electron chi connectivity index (χ2n) is 10.6. The van der Waals surface area contributed by atoms with Crippen molar-refractivity contribution in [3.8, 4) is 0 Å². The molecule has 0 aliphatic heterocycles. The summed E-state index contributed by atoms with van der Waals surface area (Å²) in [5.74, 6) is -0.0880. The molecule has 1 fully saturated rings. The van der Waals surface area contributed by atoms with E-state index in [2.05, 4.69) is 46.9 Å². The van der Waals surface area contributed by atoms with Gasteiger partial charge in [0.15, 0.2) is 5.84 Å². The first kappa shape index (κ1) is 31.8. The zero-order valence-electron chi connectivity index (χ0n) is 23.8. The van der Waals surface area contributed by atoms with Crippen LogP contribution in [0.5, 0.6) is 0 Å². The minimum absolute atomic E-state index is 0.00814. The first-order chi connectivity index (χ1) is 21.5. The zero-order chi connectivity index (χ0) is 32.0. The number of carbonyl (C=O) groups excluding carboxylic acids is 1. The van der Waals surface area contributed by atoms with Crippen LogP contribution in [0.3, 0.4) is 0 Å². The molecule has 45 heavy (non-hydrogen) atoms. The Morgan fingerprint density at radius 3 is 2.40 bits per heavy atom. The number of hydrogen-bond donors (Lipinski definition) is 2. The molecule has 1 heterocycles. The number of halogens is 4. The van der Waals surface area contributed by atoms with E-state index in [-0.39, 0.29) is 28.5 Å². The Labute approximate surface area is 264 Å². The van der Waals surface area contributed by atoms with Crippen LogP contribution in [0.2, 0.25) is 0 Å². The molecule has 1 aliphatic rings. The van der Waals surface area contributed by atoms with Crippen molar-refractivity contribution in [1.82, 2.24) is 20.6 Å². The second-order valence-corrected chi connectivity index (χ2v) is 11.5. The van der Waals surface area contributed by atoms with Crippen molar-refractivity contribution in [2.45, 2.75) is 50.7 Å². The van der Waals surface area contributed by atoms with E-state index in [1.54, 1.807) is 29.2 Å². The van der Waals surface area contributed by atoms with Crippen molar-refractivity contribution >= 4 is 45.0 Å². The minimum atomic E-state index is -4.64. The van der Waals surface area contributed by atoms with Crippen LogP contribution in [0.1, 0.15) is 65.1 Å². The van der Waals surface area contributed by atoms with Crippen LogP contribution < -0.4 is 10.2 Å². The van der Waals surface area contributed by atoms with Gasteiger partial charge in [0.05, 0.1) is 11.3 Å². The Morgan fingerprint density at radius 2 is 1.78 bits per heavy atom. The Kier molecular flexibility index (Phi) is 9.86. The van der Waals surface area contributed by atoms with Gasteiger partial charge in [-0.05, 0) is 77.6 Å². The van der Waals surface area contributed by atoms with Gasteiger partial charge in [0, 0.05) is 27.2 Å². The Morgan fingerprint density at radius 1 is 1.07 bits per heavy atom. The summed E-state index contributed by atoms with van der Waals surface area (Å²) in [6, 6.07) is 17.4. The smallest absolute Gasteiger partial charge is 0.320 e. The van der Waals surface area contributed by atoms with E-state index in [0.29, 0.717) is 22.7 Å². The van der Waals surface area contributed by atoms with Gasteiger partial charge in [0.2, 0.25) is 0 Å². The number of amidine groups is 1. The summed E-state index contributed by atoms with van der Waals surface area (Å²) < 4.78 is 40.8. The summed E-state index contributed by atoms with van der Waals surface area (Å²) in [7, 11) is 0. The largest absolute Gasteiger partial charge is 0.416 e. The van der Waals surface area contributed by atoms with Gasteiger partial charge in [-0.1, -0.05) is 64.6 Å². The number of aromatic nitrogens is 4. The van der Waals surface area contributed by atoms with Crippen LogP contribution in [0.25, 0.3) is 0 Å². The molecule has 15 heteroatoms. The molecule has 1 aromatic heterocycles. The minimum Gasteiger partial charge on any atom is -0.320 e. The molecule has 1 amide bonds. The SMILES string of the molecule is O=C(Nc1nn[nH]n1)c1ccc(CN(C(C[N+](=O)[O-])=Nc2cc(Br)cc(C(F)(F)F)c2)c2ccc(C3CCCCC3)cc2)cc1. The number of aromatic amines is 1. The normalized spacial score (nSPS) is 14.3. The number of H-pyrrole nitrogens is 1. The van der Waals surface area contributed by atoms with E-state index in [0.717, 1.165) is 37.8 Å². The summed E-state index contributed by atoms with van der Waals surface area (Å²) in [4.78, 5) is 29.8. The summed E-state index contributed by atoms with van der Waals surface area (Å²) in [6.07, 6.45) is 1.08. The molecule has 2 N–H and O–H groups in total. The fraction of sp³-hybridized carbons (Fsp3) is 0.300. The molecule has 1 aliphatic carbocycles. The maximum atomic E-state index is 13.6. The Bertz CT molecular complexity index is 1660. The molecule has 5 rings (SSSR count). The highest BCUT2D eigenvalue weighted by Crippen LogP contribution is 2.36. The lowest BCUT2D eigenvalue weighted by Gasteiger charge is -2.27. The predicted octanol–water partition coefficient (Wildman–Crippen LogP) is 7.29. The molecule has 0 unspecified atom stereocenters. The van der Waals surface area contributed by atoms with Crippen LogP contribution in [-0.4, -0.2) is 43.8 Å². The third-order valence-corrected chi connectivity index (χ3v) is 7.92. The highest BCUT2D eigenvalue weighted by molar-refractivity contribution is 9.10. The Balaban J connectivity index is 1.50. The second kappa shape index (κ2) is 14.0. The highest BCUT2D eigenvalue weighted by atomic mass is 79.9. The van der Waals surface area contributed by atoms with Crippen LogP contribution in [0.4, 0.5) is 30.5 Å². The van der Waals surface area contributed by atoms with Gasteiger partial charge in [0.25, 0.3) is 18.4 Å². The van der Waals surface area contributed by atoms with Crippen molar-refractivity contribution in [2.24, 2.45) is 4.99 Å². The van der Waals surface area contributed by atoms with Crippen molar-refractivity contribution < 1.29 is 22.9 Å². The van der Waals surface area contributed by atoms with E-state index in [4.69, 9.17) is 0 Å².